The van der Waals surface area contributed by atoms with Gasteiger partial charge in [0.15, 0.2) is 0 Å². The molecule has 0 fully saturated rings. The number of carbonyl (C=O) groups excluding carboxylic acids is 2. The second-order valence-corrected chi connectivity index (χ2v) is 3.84. The van der Waals surface area contributed by atoms with Crippen LogP contribution in [0.5, 0.6) is 0 Å². The van der Waals surface area contributed by atoms with Gasteiger partial charge in [0, 0.05) is 6.92 Å². The van der Waals surface area contributed by atoms with Crippen LogP contribution in [0.25, 0.3) is 0 Å². The SMILES string of the molecule is CC(=O)OCc1ccc(CCC(O)C=O)cc1. The maximum absolute atomic E-state index is 10.6. The zero-order chi connectivity index (χ0) is 12.7. The Morgan fingerprint density at radius 1 is 1.35 bits per heavy atom. The third-order valence-electron chi connectivity index (χ3n) is 2.35. The minimum Gasteiger partial charge on any atom is -0.461 e. The molecule has 92 valence electrons. The van der Waals surface area contributed by atoms with Crippen molar-refractivity contribution < 1.29 is 19.4 Å². The van der Waals surface area contributed by atoms with Crippen LogP contribution in [-0.4, -0.2) is 23.5 Å². The molecule has 0 spiro atoms. The predicted molar refractivity (Wildman–Crippen MR) is 62.3 cm³/mol. The molecule has 17 heavy (non-hydrogen) atoms. The number of carbonyl (C=O) groups is 2. The van der Waals surface area contributed by atoms with Gasteiger partial charge in [-0.1, -0.05) is 24.3 Å². The quantitative estimate of drug-likeness (QED) is 0.596. The largest absolute Gasteiger partial charge is 0.461 e. The maximum atomic E-state index is 10.6. The van der Waals surface area contributed by atoms with Gasteiger partial charge in [0.2, 0.25) is 0 Å². The van der Waals surface area contributed by atoms with Gasteiger partial charge in [-0.3, -0.25) is 4.79 Å². The highest BCUT2D eigenvalue weighted by molar-refractivity contribution is 5.65. The Labute approximate surface area is 100 Å². The van der Waals surface area contributed by atoms with Crippen LogP contribution >= 0.6 is 0 Å². The molecule has 0 aromatic heterocycles. The van der Waals surface area contributed by atoms with Crippen LogP contribution in [0.15, 0.2) is 24.3 Å². The number of aldehydes is 1. The van der Waals surface area contributed by atoms with Gasteiger partial charge in [0.05, 0.1) is 0 Å². The summed E-state index contributed by atoms with van der Waals surface area (Å²) in [6.45, 7) is 1.64. The van der Waals surface area contributed by atoms with E-state index in [1.54, 1.807) is 0 Å². The number of ether oxygens (including phenoxy) is 1. The second kappa shape index (κ2) is 6.81. The minimum absolute atomic E-state index is 0.270. The van der Waals surface area contributed by atoms with Crippen molar-refractivity contribution >= 4 is 12.3 Å². The van der Waals surface area contributed by atoms with E-state index in [0.717, 1.165) is 11.1 Å². The van der Waals surface area contributed by atoms with Crippen molar-refractivity contribution in [3.8, 4) is 0 Å². The van der Waals surface area contributed by atoms with Gasteiger partial charge in [-0.2, -0.15) is 0 Å². The van der Waals surface area contributed by atoms with Crippen molar-refractivity contribution in [2.75, 3.05) is 0 Å². The molecule has 4 nitrogen and oxygen atoms in total. The number of rotatable bonds is 6. The van der Waals surface area contributed by atoms with Crippen LogP contribution in [0, 0.1) is 0 Å². The highest BCUT2D eigenvalue weighted by Gasteiger charge is 2.02. The molecule has 0 heterocycles. The van der Waals surface area contributed by atoms with E-state index in [9.17, 15) is 9.59 Å². The lowest BCUT2D eigenvalue weighted by atomic mass is 10.1. The fraction of sp³-hybridized carbons (Fsp3) is 0.385. The van der Waals surface area contributed by atoms with Gasteiger partial charge in [-0.15, -0.1) is 0 Å². The second-order valence-electron chi connectivity index (χ2n) is 3.84. The van der Waals surface area contributed by atoms with E-state index in [1.165, 1.54) is 6.92 Å². The average Bonchev–Trinajstić information content (AvgIpc) is 2.34. The molecule has 0 amide bonds. The van der Waals surface area contributed by atoms with Gasteiger partial charge in [-0.25, -0.2) is 0 Å². The zero-order valence-electron chi connectivity index (χ0n) is 9.76. The molecular formula is C13H16O4. The summed E-state index contributed by atoms with van der Waals surface area (Å²) in [6.07, 6.45) is 0.714. The van der Waals surface area contributed by atoms with Gasteiger partial charge < -0.3 is 14.6 Å². The topological polar surface area (TPSA) is 63.6 Å². The molecular weight excluding hydrogens is 220 g/mol. The summed E-state index contributed by atoms with van der Waals surface area (Å²) >= 11 is 0. The first-order valence-corrected chi connectivity index (χ1v) is 5.46. The molecule has 0 aliphatic carbocycles. The third-order valence-corrected chi connectivity index (χ3v) is 2.35. The number of esters is 1. The number of hydrogen-bond donors (Lipinski definition) is 1. The molecule has 0 radical (unpaired) electrons. The van der Waals surface area contributed by atoms with E-state index in [-0.39, 0.29) is 12.6 Å². The first-order valence-electron chi connectivity index (χ1n) is 5.46. The molecule has 0 aliphatic rings. The van der Waals surface area contributed by atoms with Crippen LogP contribution < -0.4 is 0 Å². The zero-order valence-corrected chi connectivity index (χ0v) is 9.76. The Kier molecular flexibility index (Phi) is 5.36. The lowest BCUT2D eigenvalue weighted by molar-refractivity contribution is -0.142. The van der Waals surface area contributed by atoms with E-state index < -0.39 is 6.10 Å². The van der Waals surface area contributed by atoms with Crippen LogP contribution in [0.2, 0.25) is 0 Å². The van der Waals surface area contributed by atoms with E-state index in [0.29, 0.717) is 19.1 Å². The highest BCUT2D eigenvalue weighted by Crippen LogP contribution is 2.08. The number of hydrogen-bond acceptors (Lipinski definition) is 4. The van der Waals surface area contributed by atoms with Crippen LogP contribution in [0.4, 0.5) is 0 Å². The van der Waals surface area contributed by atoms with Crippen LogP contribution in [-0.2, 0) is 27.4 Å². The summed E-state index contributed by atoms with van der Waals surface area (Å²) in [5.41, 5.74) is 1.96. The summed E-state index contributed by atoms with van der Waals surface area (Å²) in [4.78, 5) is 20.8. The van der Waals surface area contributed by atoms with E-state index in [4.69, 9.17) is 9.84 Å². The van der Waals surface area contributed by atoms with Crippen LogP contribution in [0.1, 0.15) is 24.5 Å². The van der Waals surface area contributed by atoms with Crippen molar-refractivity contribution in [1.82, 2.24) is 0 Å². The molecule has 1 unspecified atom stereocenters. The summed E-state index contributed by atoms with van der Waals surface area (Å²) in [5, 5.41) is 9.09. The molecule has 0 aliphatic heterocycles. The Morgan fingerprint density at radius 3 is 2.47 bits per heavy atom. The monoisotopic (exact) mass is 236 g/mol. The van der Waals surface area contributed by atoms with E-state index in [2.05, 4.69) is 0 Å². The van der Waals surface area contributed by atoms with Crippen LogP contribution in [0.3, 0.4) is 0 Å². The van der Waals surface area contributed by atoms with Crippen molar-refractivity contribution in [2.24, 2.45) is 0 Å². The van der Waals surface area contributed by atoms with Crippen molar-refractivity contribution in [2.45, 2.75) is 32.5 Å². The molecule has 0 saturated carbocycles. The number of aryl methyl sites for hydroxylation is 1. The Morgan fingerprint density at radius 2 is 1.94 bits per heavy atom. The smallest absolute Gasteiger partial charge is 0.302 e. The lowest BCUT2D eigenvalue weighted by Gasteiger charge is -2.05. The normalized spacial score (nSPS) is 11.9. The van der Waals surface area contributed by atoms with Crippen molar-refractivity contribution in [1.29, 1.82) is 0 Å². The highest BCUT2D eigenvalue weighted by atomic mass is 16.5. The summed E-state index contributed by atoms with van der Waals surface area (Å²) in [5.74, 6) is -0.303. The lowest BCUT2D eigenvalue weighted by Crippen LogP contribution is -2.08. The van der Waals surface area contributed by atoms with E-state index >= 15 is 0 Å². The van der Waals surface area contributed by atoms with Crippen molar-refractivity contribution in [3.05, 3.63) is 35.4 Å². The summed E-state index contributed by atoms with van der Waals surface area (Å²) in [7, 11) is 0. The third kappa shape index (κ3) is 5.26. The molecule has 4 heteroatoms. The molecule has 0 saturated heterocycles. The number of benzene rings is 1. The Hall–Kier alpha value is -1.68. The first kappa shape index (κ1) is 13.4. The average molecular weight is 236 g/mol. The van der Waals surface area contributed by atoms with Gasteiger partial charge in [0.25, 0.3) is 0 Å². The molecule has 0 bridgehead atoms. The number of aliphatic hydroxyl groups excluding tert-OH is 1. The number of aliphatic hydroxyl groups is 1. The first-order chi connectivity index (χ1) is 8.11. The molecule has 1 aromatic carbocycles. The molecule has 1 aromatic rings. The molecule has 1 atom stereocenters. The van der Waals surface area contributed by atoms with Gasteiger partial charge in [0.1, 0.15) is 19.0 Å². The van der Waals surface area contributed by atoms with E-state index in [1.807, 2.05) is 24.3 Å². The fourth-order valence-corrected chi connectivity index (χ4v) is 1.37. The minimum atomic E-state index is -0.893. The summed E-state index contributed by atoms with van der Waals surface area (Å²) in [6, 6.07) is 7.53. The maximum Gasteiger partial charge on any atom is 0.302 e. The Bertz CT molecular complexity index is 370. The van der Waals surface area contributed by atoms with Gasteiger partial charge in [-0.05, 0) is 24.0 Å². The molecule has 1 rings (SSSR count). The Balaban J connectivity index is 2.44. The standard InChI is InChI=1S/C13H16O4/c1-10(15)17-9-12-4-2-11(3-5-12)6-7-13(16)8-14/h2-5,8,13,16H,6-7,9H2,1H3. The molecule has 1 N–H and O–H groups in total. The fourth-order valence-electron chi connectivity index (χ4n) is 1.37. The van der Waals surface area contributed by atoms with Crippen molar-refractivity contribution in [3.63, 3.8) is 0 Å². The predicted octanol–water partition coefficient (Wildman–Crippen LogP) is 1.24. The van der Waals surface area contributed by atoms with Gasteiger partial charge >= 0.3 is 5.97 Å². The summed E-state index contributed by atoms with van der Waals surface area (Å²) < 4.78 is 4.86.